The molecule has 0 amide bonds. The molecule has 1 aromatic heterocycles. The minimum absolute atomic E-state index is 0.153. The van der Waals surface area contributed by atoms with Gasteiger partial charge in [-0.2, -0.15) is 17.9 Å². The maximum Gasteiger partial charge on any atom is 0.416 e. The summed E-state index contributed by atoms with van der Waals surface area (Å²) in [5.41, 5.74) is 0.486. The number of nitrogens with zero attached hydrogens (tertiary/aromatic N) is 4. The van der Waals surface area contributed by atoms with Crippen LogP contribution in [-0.2, 0) is 12.7 Å². The molecule has 136 valence electrons. The third-order valence-electron chi connectivity index (χ3n) is 3.59. The summed E-state index contributed by atoms with van der Waals surface area (Å²) >= 11 is 1.44. The van der Waals surface area contributed by atoms with Crippen molar-refractivity contribution in [3.8, 4) is 5.69 Å². The molecule has 9 heteroatoms. The molecule has 0 radical (unpaired) electrons. The SMILES string of the molecule is FC(F)(F)c1ccccc1CNCCSc1nnnn1-c1ccccc1. The van der Waals surface area contributed by atoms with Gasteiger partial charge in [-0.1, -0.05) is 48.2 Å². The van der Waals surface area contributed by atoms with Crippen molar-refractivity contribution in [2.75, 3.05) is 12.3 Å². The molecular formula is C17H16F3N5S. The lowest BCUT2D eigenvalue weighted by Gasteiger charge is -2.13. The number of hydrogen-bond acceptors (Lipinski definition) is 5. The molecule has 1 heterocycles. The number of nitrogens with one attached hydrogen (secondary N) is 1. The molecule has 0 aliphatic heterocycles. The molecular weight excluding hydrogens is 363 g/mol. The Morgan fingerprint density at radius 3 is 2.50 bits per heavy atom. The molecule has 0 saturated heterocycles. The van der Waals surface area contributed by atoms with Crippen LogP contribution in [0.3, 0.4) is 0 Å². The summed E-state index contributed by atoms with van der Waals surface area (Å²) in [6, 6.07) is 15.1. The Balaban J connectivity index is 1.52. The van der Waals surface area contributed by atoms with Gasteiger partial charge in [0.1, 0.15) is 0 Å². The second-order valence-electron chi connectivity index (χ2n) is 5.39. The summed E-state index contributed by atoms with van der Waals surface area (Å²) < 4.78 is 40.5. The van der Waals surface area contributed by atoms with E-state index in [0.29, 0.717) is 17.5 Å². The minimum atomic E-state index is -4.34. The van der Waals surface area contributed by atoms with Crippen LogP contribution in [0.4, 0.5) is 13.2 Å². The number of benzene rings is 2. The predicted molar refractivity (Wildman–Crippen MR) is 93.0 cm³/mol. The minimum Gasteiger partial charge on any atom is -0.312 e. The summed E-state index contributed by atoms with van der Waals surface area (Å²) in [5.74, 6) is 0.626. The van der Waals surface area contributed by atoms with Crippen LogP contribution in [0.5, 0.6) is 0 Å². The van der Waals surface area contributed by atoms with Gasteiger partial charge in [-0.15, -0.1) is 5.10 Å². The highest BCUT2D eigenvalue weighted by Gasteiger charge is 2.32. The molecule has 0 aliphatic carbocycles. The topological polar surface area (TPSA) is 55.6 Å². The van der Waals surface area contributed by atoms with E-state index >= 15 is 0 Å². The monoisotopic (exact) mass is 379 g/mol. The Morgan fingerprint density at radius 2 is 1.73 bits per heavy atom. The second-order valence-corrected chi connectivity index (χ2v) is 6.45. The van der Waals surface area contributed by atoms with Crippen LogP contribution >= 0.6 is 11.8 Å². The van der Waals surface area contributed by atoms with E-state index < -0.39 is 11.7 Å². The van der Waals surface area contributed by atoms with Crippen molar-refractivity contribution in [2.45, 2.75) is 17.9 Å². The van der Waals surface area contributed by atoms with Gasteiger partial charge < -0.3 is 5.32 Å². The van der Waals surface area contributed by atoms with E-state index in [1.165, 1.54) is 23.9 Å². The summed E-state index contributed by atoms with van der Waals surface area (Å²) in [4.78, 5) is 0. The summed E-state index contributed by atoms with van der Waals surface area (Å²) in [6.45, 7) is 0.679. The lowest BCUT2D eigenvalue weighted by atomic mass is 10.1. The van der Waals surface area contributed by atoms with Crippen molar-refractivity contribution in [1.29, 1.82) is 0 Å². The molecule has 26 heavy (non-hydrogen) atoms. The lowest BCUT2D eigenvalue weighted by molar-refractivity contribution is -0.138. The molecule has 3 aromatic rings. The van der Waals surface area contributed by atoms with E-state index in [2.05, 4.69) is 20.8 Å². The van der Waals surface area contributed by atoms with Gasteiger partial charge in [-0.3, -0.25) is 0 Å². The fraction of sp³-hybridized carbons (Fsp3) is 0.235. The summed E-state index contributed by atoms with van der Waals surface area (Å²) in [6.07, 6.45) is -4.34. The first kappa shape index (κ1) is 18.4. The van der Waals surface area contributed by atoms with Crippen LogP contribution in [-0.4, -0.2) is 32.5 Å². The molecule has 0 bridgehead atoms. The summed E-state index contributed by atoms with van der Waals surface area (Å²) in [7, 11) is 0. The maximum absolute atomic E-state index is 13.0. The highest BCUT2D eigenvalue weighted by molar-refractivity contribution is 7.99. The number of tetrazole rings is 1. The number of thioether (sulfide) groups is 1. The molecule has 3 rings (SSSR count). The molecule has 0 aliphatic rings. The first-order valence-corrected chi connectivity index (χ1v) is 8.86. The molecule has 2 aromatic carbocycles. The van der Waals surface area contributed by atoms with E-state index in [9.17, 15) is 13.2 Å². The average molecular weight is 379 g/mol. The zero-order chi connectivity index (χ0) is 18.4. The van der Waals surface area contributed by atoms with E-state index in [1.54, 1.807) is 10.7 Å². The zero-order valence-corrected chi connectivity index (χ0v) is 14.5. The fourth-order valence-corrected chi connectivity index (χ4v) is 3.18. The van der Waals surface area contributed by atoms with Crippen molar-refractivity contribution in [3.63, 3.8) is 0 Å². The second kappa shape index (κ2) is 8.33. The van der Waals surface area contributed by atoms with Crippen molar-refractivity contribution >= 4 is 11.8 Å². The van der Waals surface area contributed by atoms with Gasteiger partial charge in [0.15, 0.2) is 0 Å². The van der Waals surface area contributed by atoms with Crippen LogP contribution in [0, 0.1) is 0 Å². The molecule has 1 N–H and O–H groups in total. The number of halogens is 3. The average Bonchev–Trinajstić information content (AvgIpc) is 3.10. The number of para-hydroxylation sites is 1. The van der Waals surface area contributed by atoms with Crippen LogP contribution in [0.2, 0.25) is 0 Å². The van der Waals surface area contributed by atoms with Crippen molar-refractivity contribution in [2.24, 2.45) is 0 Å². The lowest BCUT2D eigenvalue weighted by Crippen LogP contribution is -2.20. The van der Waals surface area contributed by atoms with Gasteiger partial charge in [-0.05, 0) is 34.2 Å². The third-order valence-corrected chi connectivity index (χ3v) is 4.51. The number of rotatable bonds is 7. The molecule has 0 fully saturated rings. The van der Waals surface area contributed by atoms with Gasteiger partial charge in [0, 0.05) is 18.8 Å². The maximum atomic E-state index is 13.0. The van der Waals surface area contributed by atoms with Crippen LogP contribution in [0.15, 0.2) is 59.8 Å². The first-order chi connectivity index (χ1) is 12.6. The summed E-state index contributed by atoms with van der Waals surface area (Å²) in [5, 5.41) is 15.3. The number of hydrogen-bond donors (Lipinski definition) is 1. The number of aromatic nitrogens is 4. The van der Waals surface area contributed by atoms with E-state index in [4.69, 9.17) is 0 Å². The Bertz CT molecular complexity index is 836. The predicted octanol–water partition coefficient (Wildman–Crippen LogP) is 3.56. The van der Waals surface area contributed by atoms with Gasteiger partial charge in [0.05, 0.1) is 11.3 Å². The molecule has 0 unspecified atom stereocenters. The molecule has 0 spiro atoms. The van der Waals surface area contributed by atoms with Crippen LogP contribution in [0.1, 0.15) is 11.1 Å². The molecule has 0 saturated carbocycles. The highest BCUT2D eigenvalue weighted by atomic mass is 32.2. The first-order valence-electron chi connectivity index (χ1n) is 7.88. The van der Waals surface area contributed by atoms with Gasteiger partial charge >= 0.3 is 6.18 Å². The zero-order valence-electron chi connectivity index (χ0n) is 13.6. The van der Waals surface area contributed by atoms with Crippen molar-refractivity contribution in [1.82, 2.24) is 25.5 Å². The largest absolute Gasteiger partial charge is 0.416 e. The fourth-order valence-electron chi connectivity index (χ4n) is 2.39. The quantitative estimate of drug-likeness (QED) is 0.503. The Hall–Kier alpha value is -2.39. The Kier molecular flexibility index (Phi) is 5.89. The van der Waals surface area contributed by atoms with Gasteiger partial charge in [-0.25, -0.2) is 0 Å². The number of alkyl halides is 3. The molecule has 5 nitrogen and oxygen atoms in total. The molecule has 0 atom stereocenters. The van der Waals surface area contributed by atoms with E-state index in [0.717, 1.165) is 11.8 Å². The van der Waals surface area contributed by atoms with Crippen LogP contribution in [0.25, 0.3) is 5.69 Å². The Morgan fingerprint density at radius 1 is 1.00 bits per heavy atom. The highest BCUT2D eigenvalue weighted by Crippen LogP contribution is 2.31. The normalized spacial score (nSPS) is 11.7. The van der Waals surface area contributed by atoms with Crippen molar-refractivity contribution in [3.05, 3.63) is 65.7 Å². The Labute approximate surface area is 152 Å². The van der Waals surface area contributed by atoms with E-state index in [1.807, 2.05) is 30.3 Å². The third kappa shape index (κ3) is 4.61. The van der Waals surface area contributed by atoms with E-state index in [-0.39, 0.29) is 12.1 Å². The van der Waals surface area contributed by atoms with Gasteiger partial charge in [0.25, 0.3) is 0 Å². The van der Waals surface area contributed by atoms with Crippen LogP contribution < -0.4 is 5.32 Å². The smallest absolute Gasteiger partial charge is 0.312 e. The van der Waals surface area contributed by atoms with Gasteiger partial charge in [0.2, 0.25) is 5.16 Å². The standard InChI is InChI=1S/C17H16F3N5S/c18-17(19,20)15-9-5-4-6-13(15)12-21-10-11-26-16-22-23-24-25(16)14-7-2-1-3-8-14/h1-9,21H,10-12H2. The van der Waals surface area contributed by atoms with Crippen molar-refractivity contribution < 1.29 is 13.2 Å².